The molecule has 2 fully saturated rings. The van der Waals surface area contributed by atoms with Crippen molar-refractivity contribution >= 4 is 35.3 Å². The molecule has 4 atom stereocenters. The van der Waals surface area contributed by atoms with Gasteiger partial charge in [-0.3, -0.25) is 9.59 Å². The number of nitrogens with zero attached hydrogens (tertiary/aromatic N) is 5. The number of allylic oxidation sites excluding steroid dienone is 2. The number of aromatic nitrogens is 3. The van der Waals surface area contributed by atoms with Gasteiger partial charge in [0.2, 0.25) is 5.91 Å². The van der Waals surface area contributed by atoms with E-state index in [0.717, 1.165) is 6.08 Å². The van der Waals surface area contributed by atoms with Crippen LogP contribution in [0.25, 0.3) is 16.8 Å². The van der Waals surface area contributed by atoms with Crippen molar-refractivity contribution in [1.29, 1.82) is 0 Å². The molecule has 3 aliphatic rings. The van der Waals surface area contributed by atoms with Gasteiger partial charge in [-0.25, -0.2) is 23.9 Å². The van der Waals surface area contributed by atoms with Crippen LogP contribution in [0.1, 0.15) is 41.1 Å². The fraction of sp³-hybridized carbons (Fsp3) is 0.405. The Kier molecular flexibility index (Phi) is 11.4. The molecule has 4 heterocycles. The van der Waals surface area contributed by atoms with Gasteiger partial charge in [0.25, 0.3) is 5.91 Å². The van der Waals surface area contributed by atoms with Crippen LogP contribution in [0.15, 0.2) is 66.5 Å². The van der Waals surface area contributed by atoms with E-state index >= 15 is 4.39 Å². The van der Waals surface area contributed by atoms with Gasteiger partial charge in [-0.1, -0.05) is 31.2 Å². The van der Waals surface area contributed by atoms with Crippen molar-refractivity contribution in [1.82, 2.24) is 40.7 Å². The number of hydrogen-bond donors (Lipinski definition) is 4. The molecule has 0 saturated carbocycles. The van der Waals surface area contributed by atoms with Gasteiger partial charge in [0.1, 0.15) is 24.4 Å². The monoisotopic (exact) mass is 767 g/mol. The zero-order chi connectivity index (χ0) is 39.4. The molecule has 14 nitrogen and oxygen atoms in total. The van der Waals surface area contributed by atoms with Gasteiger partial charge >= 0.3 is 18.3 Å². The number of H-pyrrole nitrogens is 1. The first kappa shape index (κ1) is 38.8. The minimum atomic E-state index is -4.86. The summed E-state index contributed by atoms with van der Waals surface area (Å²) in [6.45, 7) is 4.22. The van der Waals surface area contributed by atoms with Crippen LogP contribution in [0.4, 0.5) is 33.0 Å². The lowest BCUT2D eigenvalue weighted by Gasteiger charge is -2.35. The third kappa shape index (κ3) is 8.73. The number of hydrogen-bond acceptors (Lipinski definition) is 8. The van der Waals surface area contributed by atoms with Crippen LogP contribution in [-0.2, 0) is 9.53 Å². The summed E-state index contributed by atoms with van der Waals surface area (Å²) in [5.74, 6) is 0.165. The second kappa shape index (κ2) is 16.2. The molecule has 1 aliphatic carbocycles. The molecule has 5 amide bonds. The number of imidazole rings is 1. The van der Waals surface area contributed by atoms with E-state index < -0.39 is 36.0 Å². The number of halogens is 4. The first-order chi connectivity index (χ1) is 26.2. The molecule has 3 aromatic rings. The number of rotatable bonds is 8. The third-order valence-corrected chi connectivity index (χ3v) is 9.84. The van der Waals surface area contributed by atoms with Crippen LogP contribution in [0.2, 0.25) is 0 Å². The molecule has 4 unspecified atom stereocenters. The van der Waals surface area contributed by atoms with Crippen LogP contribution >= 0.6 is 0 Å². The highest BCUT2D eigenvalue weighted by Crippen LogP contribution is 2.41. The topological polar surface area (TPSA) is 165 Å². The van der Waals surface area contributed by atoms with E-state index in [-0.39, 0.29) is 47.1 Å². The van der Waals surface area contributed by atoms with E-state index in [0.29, 0.717) is 68.1 Å². The Balaban J connectivity index is 1.12. The number of amides is 5. The number of nitrogens with one attached hydrogen (secondary N) is 4. The molecule has 2 aromatic heterocycles. The second-order valence-corrected chi connectivity index (χ2v) is 13.5. The number of alkyl halides is 4. The molecule has 1 aromatic carbocycles. The molecule has 0 spiro atoms. The summed E-state index contributed by atoms with van der Waals surface area (Å²) < 4.78 is 63.3. The molecule has 55 heavy (non-hydrogen) atoms. The fourth-order valence-corrected chi connectivity index (χ4v) is 6.96. The first-order valence-electron chi connectivity index (χ1n) is 17.7. The number of methoxy groups -OCH3 is 1. The number of aromatic amines is 1. The first-order valence-corrected chi connectivity index (χ1v) is 17.7. The zero-order valence-corrected chi connectivity index (χ0v) is 30.3. The van der Waals surface area contributed by atoms with Gasteiger partial charge < -0.3 is 40.4 Å². The standard InChI is InChI=1S/C37H41F4N9O5/c1-21-14-30(50(20-21)32(51)19-45-36(54)55-3)33-44-18-29(46-33)23-6-4-22(5-7-23)25-15-27(38)28(16-26(25)37(39,40)41)47-34(52)24-8-9-31(43-17-24)48-10-12-49(13-11-48)35(53)42-2/h4-9,15-18,21,27-28,30H,10-14,19-20H2,1-3H3,(H,42,53)(H,44,46)(H,45,54)(H,47,52). The smallest absolute Gasteiger partial charge is 0.416 e. The number of benzene rings is 1. The number of ether oxygens (including phenoxy) is 1. The number of carbonyl (C=O) groups excluding carboxylic acids is 4. The van der Waals surface area contributed by atoms with Crippen molar-refractivity contribution in [3.63, 3.8) is 0 Å². The van der Waals surface area contributed by atoms with Crippen LogP contribution in [0, 0.1) is 5.92 Å². The van der Waals surface area contributed by atoms with Crippen LogP contribution < -0.4 is 20.9 Å². The SMILES string of the molecule is CNC(=O)N1CCN(c2ccc(C(=O)NC3C=C(C(F)(F)F)C(c4ccc(-c5cnc(C6CC(C)CN6C(=O)CNC(=O)OC)[nH]5)cc4)=CC3F)cn2)CC1. The lowest BCUT2D eigenvalue weighted by molar-refractivity contribution is -0.131. The Bertz CT molecular complexity index is 1960. The second-order valence-electron chi connectivity index (χ2n) is 13.5. The summed E-state index contributed by atoms with van der Waals surface area (Å²) in [4.78, 5) is 66.5. The van der Waals surface area contributed by atoms with Crippen molar-refractivity contribution < 1.29 is 41.5 Å². The van der Waals surface area contributed by atoms with Crippen molar-refractivity contribution in [3.05, 3.63) is 83.5 Å². The Hall–Kier alpha value is -5.94. The van der Waals surface area contributed by atoms with Gasteiger partial charge in [0, 0.05) is 46.0 Å². The van der Waals surface area contributed by atoms with Crippen LogP contribution in [0.3, 0.4) is 0 Å². The highest BCUT2D eigenvalue weighted by atomic mass is 19.4. The minimum absolute atomic E-state index is 0.0477. The summed E-state index contributed by atoms with van der Waals surface area (Å²) in [5, 5.41) is 7.34. The predicted octanol–water partition coefficient (Wildman–Crippen LogP) is 4.22. The van der Waals surface area contributed by atoms with E-state index in [9.17, 15) is 32.3 Å². The maximum absolute atomic E-state index is 15.5. The number of urea groups is 1. The summed E-state index contributed by atoms with van der Waals surface area (Å²) in [7, 11) is 2.76. The van der Waals surface area contributed by atoms with Crippen molar-refractivity contribution in [3.8, 4) is 11.3 Å². The molecule has 18 heteroatoms. The van der Waals surface area contributed by atoms with Gasteiger partial charge in [0.05, 0.1) is 42.2 Å². The molecule has 0 bridgehead atoms. The van der Waals surface area contributed by atoms with E-state index in [1.807, 2.05) is 11.8 Å². The third-order valence-electron chi connectivity index (χ3n) is 9.84. The number of anilines is 1. The fourth-order valence-electron chi connectivity index (χ4n) is 6.96. The highest BCUT2D eigenvalue weighted by Gasteiger charge is 2.41. The maximum atomic E-state index is 15.5. The molecule has 2 aliphatic heterocycles. The van der Waals surface area contributed by atoms with E-state index in [4.69, 9.17) is 0 Å². The zero-order valence-electron chi connectivity index (χ0n) is 30.3. The summed E-state index contributed by atoms with van der Waals surface area (Å²) >= 11 is 0. The average molecular weight is 768 g/mol. The molecular formula is C37H41F4N9O5. The number of pyridine rings is 1. The van der Waals surface area contributed by atoms with Crippen molar-refractivity contribution in [2.24, 2.45) is 5.92 Å². The lowest BCUT2D eigenvalue weighted by atomic mass is 9.88. The number of carbonyl (C=O) groups is 4. The summed E-state index contributed by atoms with van der Waals surface area (Å²) in [6.07, 6.45) is -2.52. The van der Waals surface area contributed by atoms with Gasteiger partial charge in [-0.15, -0.1) is 0 Å². The minimum Gasteiger partial charge on any atom is -0.453 e. The Morgan fingerprint density at radius 3 is 2.31 bits per heavy atom. The molecule has 4 N–H and O–H groups in total. The highest BCUT2D eigenvalue weighted by molar-refractivity contribution is 5.95. The van der Waals surface area contributed by atoms with Crippen LogP contribution in [0.5, 0.6) is 0 Å². The molecular weight excluding hydrogens is 726 g/mol. The Morgan fingerprint density at radius 1 is 0.964 bits per heavy atom. The largest absolute Gasteiger partial charge is 0.453 e. The quantitative estimate of drug-likeness (QED) is 0.248. The maximum Gasteiger partial charge on any atom is 0.416 e. The Labute approximate surface area is 314 Å². The summed E-state index contributed by atoms with van der Waals surface area (Å²) in [5.41, 5.74) is -0.126. The molecule has 292 valence electrons. The Morgan fingerprint density at radius 2 is 1.67 bits per heavy atom. The van der Waals surface area contributed by atoms with E-state index in [2.05, 4.69) is 35.6 Å². The summed E-state index contributed by atoms with van der Waals surface area (Å²) in [6, 6.07) is 6.99. The number of alkyl carbamates (subject to hydrolysis) is 1. The predicted molar refractivity (Wildman–Crippen MR) is 193 cm³/mol. The van der Waals surface area contributed by atoms with Crippen molar-refractivity contribution in [2.45, 2.75) is 37.8 Å². The van der Waals surface area contributed by atoms with E-state index in [1.165, 1.54) is 31.5 Å². The molecule has 6 rings (SSSR count). The van der Waals surface area contributed by atoms with E-state index in [1.54, 1.807) is 41.2 Å². The average Bonchev–Trinajstić information content (AvgIpc) is 3.84. The normalized spacial score (nSPS) is 21.4. The van der Waals surface area contributed by atoms with Gasteiger partial charge in [0.15, 0.2) is 0 Å². The molecule has 2 saturated heterocycles. The number of piperazine rings is 1. The van der Waals surface area contributed by atoms with Crippen LogP contribution in [-0.4, -0.2) is 121 Å². The van der Waals surface area contributed by atoms with Crippen molar-refractivity contribution in [2.75, 3.05) is 58.3 Å². The number of likely N-dealkylation sites (tertiary alicyclic amines) is 1. The lowest BCUT2D eigenvalue weighted by Crippen LogP contribution is -2.51. The van der Waals surface area contributed by atoms with Gasteiger partial charge in [-0.2, -0.15) is 13.2 Å². The van der Waals surface area contributed by atoms with Gasteiger partial charge in [-0.05, 0) is 53.3 Å². The molecule has 0 radical (unpaired) electrons.